The summed E-state index contributed by atoms with van der Waals surface area (Å²) in [6.45, 7) is 8.92. The third-order valence-corrected chi connectivity index (χ3v) is 5.24. The molecular formula is C25H23N3O4. The van der Waals surface area contributed by atoms with E-state index in [0.29, 0.717) is 22.4 Å². The highest BCUT2D eigenvalue weighted by molar-refractivity contribution is 5.95. The fourth-order valence-electron chi connectivity index (χ4n) is 3.43. The van der Waals surface area contributed by atoms with Crippen LogP contribution in [0.3, 0.4) is 0 Å². The predicted molar refractivity (Wildman–Crippen MR) is 120 cm³/mol. The molecule has 0 bridgehead atoms. The lowest BCUT2D eigenvalue weighted by Gasteiger charge is -2.23. The molecule has 0 saturated heterocycles. The van der Waals surface area contributed by atoms with Crippen molar-refractivity contribution in [1.82, 2.24) is 5.32 Å². The molecule has 0 saturated carbocycles. The summed E-state index contributed by atoms with van der Waals surface area (Å²) in [7, 11) is 1.32. The number of rotatable bonds is 7. The molecule has 32 heavy (non-hydrogen) atoms. The van der Waals surface area contributed by atoms with Gasteiger partial charge in [-0.3, -0.25) is 9.59 Å². The highest BCUT2D eigenvalue weighted by atomic mass is 16.5. The topological polar surface area (TPSA) is 86.7 Å². The highest BCUT2D eigenvalue weighted by Crippen LogP contribution is 2.21. The van der Waals surface area contributed by atoms with Crippen LogP contribution in [-0.2, 0) is 16.0 Å². The molecule has 2 unspecified atom stereocenters. The van der Waals surface area contributed by atoms with Crippen LogP contribution in [0.4, 0.5) is 5.69 Å². The van der Waals surface area contributed by atoms with Crippen molar-refractivity contribution in [2.45, 2.75) is 19.4 Å². The van der Waals surface area contributed by atoms with Gasteiger partial charge in [0.25, 0.3) is 5.91 Å². The van der Waals surface area contributed by atoms with Gasteiger partial charge in [0, 0.05) is 23.7 Å². The number of aromatic nitrogens is 1. The number of nitrogens with zero attached hydrogens (tertiary/aromatic N) is 2. The molecule has 7 heteroatoms. The molecule has 0 aliphatic carbocycles. The number of nitrogens with one attached hydrogen (secondary N) is 1. The van der Waals surface area contributed by atoms with Gasteiger partial charge in [0.2, 0.25) is 0 Å². The average molecular weight is 429 g/mol. The number of pyridine rings is 1. The van der Waals surface area contributed by atoms with Crippen LogP contribution < -0.4 is 10.0 Å². The zero-order valence-corrected chi connectivity index (χ0v) is 17.8. The quantitative estimate of drug-likeness (QED) is 0.269. The molecule has 0 spiro atoms. The third-order valence-electron chi connectivity index (χ3n) is 5.24. The Morgan fingerprint density at radius 3 is 2.38 bits per heavy atom. The second kappa shape index (κ2) is 10.2. The Balaban J connectivity index is 1.71. The standard InChI is InChI=1S/C25H23N3O4/c1-17(23(25(30)32-3)16-18-5-4-6-22(15-18)26-2)27-24(29)21-9-7-19(8-10-21)20-11-13-28(31)14-12-20/h4-15,17,23H,16H2,1,3H3,(H,27,29). The summed E-state index contributed by atoms with van der Waals surface area (Å²) in [6, 6.07) is 17.0. The van der Waals surface area contributed by atoms with Crippen molar-refractivity contribution in [2.24, 2.45) is 5.92 Å². The summed E-state index contributed by atoms with van der Waals surface area (Å²) >= 11 is 0. The van der Waals surface area contributed by atoms with Gasteiger partial charge in [-0.2, -0.15) is 4.73 Å². The van der Waals surface area contributed by atoms with E-state index in [4.69, 9.17) is 11.3 Å². The van der Waals surface area contributed by atoms with Crippen molar-refractivity contribution < 1.29 is 19.1 Å². The smallest absolute Gasteiger partial charge is 0.311 e. The Morgan fingerprint density at radius 2 is 1.75 bits per heavy atom. The molecule has 0 aliphatic rings. The fourth-order valence-corrected chi connectivity index (χ4v) is 3.43. The van der Waals surface area contributed by atoms with E-state index in [2.05, 4.69) is 10.2 Å². The highest BCUT2D eigenvalue weighted by Gasteiger charge is 2.28. The number of carbonyl (C=O) groups is 2. The maximum absolute atomic E-state index is 12.8. The Morgan fingerprint density at radius 1 is 1.09 bits per heavy atom. The van der Waals surface area contributed by atoms with E-state index in [0.717, 1.165) is 16.7 Å². The average Bonchev–Trinajstić information content (AvgIpc) is 2.82. The summed E-state index contributed by atoms with van der Waals surface area (Å²) in [5.74, 6) is -1.34. The number of hydrogen-bond donors (Lipinski definition) is 1. The van der Waals surface area contributed by atoms with Gasteiger partial charge in [-0.15, -0.1) is 0 Å². The van der Waals surface area contributed by atoms with Gasteiger partial charge >= 0.3 is 5.97 Å². The lowest BCUT2D eigenvalue weighted by molar-refractivity contribution is -0.605. The normalized spacial score (nSPS) is 12.3. The lowest BCUT2D eigenvalue weighted by atomic mass is 9.92. The van der Waals surface area contributed by atoms with Crippen LogP contribution in [0.1, 0.15) is 22.8 Å². The van der Waals surface area contributed by atoms with Gasteiger partial charge < -0.3 is 15.3 Å². The molecule has 2 aromatic carbocycles. The summed E-state index contributed by atoms with van der Waals surface area (Å²) in [6.07, 6.45) is 3.17. The Hall–Kier alpha value is -4.18. The molecule has 0 radical (unpaired) electrons. The van der Waals surface area contributed by atoms with Gasteiger partial charge in [-0.25, -0.2) is 4.85 Å². The maximum Gasteiger partial charge on any atom is 0.311 e. The van der Waals surface area contributed by atoms with E-state index >= 15 is 0 Å². The van der Waals surface area contributed by atoms with E-state index in [-0.39, 0.29) is 5.91 Å². The minimum Gasteiger partial charge on any atom is -0.619 e. The van der Waals surface area contributed by atoms with Gasteiger partial charge in [0.15, 0.2) is 18.1 Å². The second-order valence-corrected chi connectivity index (χ2v) is 7.40. The van der Waals surface area contributed by atoms with E-state index in [1.807, 2.05) is 6.07 Å². The van der Waals surface area contributed by atoms with Crippen LogP contribution in [0.5, 0.6) is 0 Å². The Bertz CT molecular complexity index is 1140. The maximum atomic E-state index is 12.8. The van der Waals surface area contributed by atoms with Crippen molar-refractivity contribution in [3.63, 3.8) is 0 Å². The van der Waals surface area contributed by atoms with E-state index in [1.165, 1.54) is 19.5 Å². The first-order valence-electron chi connectivity index (χ1n) is 10.1. The lowest BCUT2D eigenvalue weighted by Crippen LogP contribution is -2.42. The number of methoxy groups -OCH3 is 1. The number of hydrogen-bond acceptors (Lipinski definition) is 4. The summed E-state index contributed by atoms with van der Waals surface area (Å²) in [4.78, 5) is 28.6. The molecule has 1 N–H and O–H groups in total. The first kappa shape index (κ1) is 22.5. The Kier molecular flexibility index (Phi) is 7.19. The number of carbonyl (C=O) groups excluding carboxylic acids is 2. The molecule has 162 valence electrons. The number of amides is 1. The van der Waals surface area contributed by atoms with Gasteiger partial charge in [0.05, 0.1) is 19.6 Å². The molecule has 3 rings (SSSR count). The first-order valence-corrected chi connectivity index (χ1v) is 10.1. The number of benzene rings is 2. The summed E-state index contributed by atoms with van der Waals surface area (Å²) < 4.78 is 5.66. The summed E-state index contributed by atoms with van der Waals surface area (Å²) in [5, 5.41) is 14.1. The van der Waals surface area contributed by atoms with Gasteiger partial charge in [-0.1, -0.05) is 42.0 Å². The van der Waals surface area contributed by atoms with E-state index in [9.17, 15) is 14.8 Å². The second-order valence-electron chi connectivity index (χ2n) is 7.40. The van der Waals surface area contributed by atoms with E-state index in [1.54, 1.807) is 61.5 Å². The van der Waals surface area contributed by atoms with Crippen LogP contribution in [0.25, 0.3) is 16.0 Å². The largest absolute Gasteiger partial charge is 0.619 e. The summed E-state index contributed by atoms with van der Waals surface area (Å²) in [5.41, 5.74) is 3.51. The van der Waals surface area contributed by atoms with Crippen molar-refractivity contribution in [1.29, 1.82) is 0 Å². The third kappa shape index (κ3) is 5.49. The minimum absolute atomic E-state index is 0.307. The van der Waals surface area contributed by atoms with Crippen molar-refractivity contribution >= 4 is 17.6 Å². The zero-order chi connectivity index (χ0) is 23.1. The number of ether oxygens (including phenoxy) is 1. The fraction of sp³-hybridized carbons (Fsp3) is 0.200. The molecule has 0 fully saturated rings. The van der Waals surface area contributed by atoms with Crippen molar-refractivity contribution in [3.05, 3.63) is 101 Å². The van der Waals surface area contributed by atoms with Crippen molar-refractivity contribution in [3.8, 4) is 11.1 Å². The molecule has 1 heterocycles. The van der Waals surface area contributed by atoms with Gasteiger partial charge in [-0.05, 0) is 36.6 Å². The van der Waals surface area contributed by atoms with Crippen LogP contribution >= 0.6 is 0 Å². The predicted octanol–water partition coefficient (Wildman–Crippen LogP) is 3.69. The molecule has 3 aromatic rings. The molecule has 1 aromatic heterocycles. The van der Waals surface area contributed by atoms with Gasteiger partial charge in [0.1, 0.15) is 0 Å². The molecule has 1 amide bonds. The molecule has 0 aliphatic heterocycles. The SMILES string of the molecule is [C-]#[N+]c1cccc(CC(C(=O)OC)C(C)NC(=O)c2ccc(-c3cc[n+]([O-])cc3)cc2)c1. The Labute approximate surface area is 186 Å². The monoisotopic (exact) mass is 429 g/mol. The van der Waals surface area contributed by atoms with Crippen molar-refractivity contribution in [2.75, 3.05) is 7.11 Å². The molecule has 7 nitrogen and oxygen atoms in total. The van der Waals surface area contributed by atoms with E-state index < -0.39 is 17.9 Å². The minimum atomic E-state index is -0.604. The first-order chi connectivity index (χ1) is 15.4. The van der Waals surface area contributed by atoms with Crippen LogP contribution in [-0.4, -0.2) is 25.0 Å². The number of esters is 1. The molecule has 2 atom stereocenters. The van der Waals surface area contributed by atoms with Crippen LogP contribution in [0.15, 0.2) is 73.1 Å². The zero-order valence-electron chi connectivity index (χ0n) is 17.8. The van der Waals surface area contributed by atoms with Crippen LogP contribution in [0.2, 0.25) is 0 Å². The molecular weight excluding hydrogens is 406 g/mol. The van der Waals surface area contributed by atoms with Crippen LogP contribution in [0, 0.1) is 17.7 Å².